The van der Waals surface area contributed by atoms with Crippen LogP contribution in [0.5, 0.6) is 0 Å². The molecule has 1 aliphatic rings. The molecule has 1 heterocycles. The second-order valence-electron chi connectivity index (χ2n) is 7.07. The van der Waals surface area contributed by atoms with E-state index in [0.717, 1.165) is 38.9 Å². The van der Waals surface area contributed by atoms with Crippen LogP contribution in [0.4, 0.5) is 0 Å². The van der Waals surface area contributed by atoms with Crippen LogP contribution in [-0.4, -0.2) is 13.2 Å². The summed E-state index contributed by atoms with van der Waals surface area (Å²) in [6, 6.07) is 4.57. The van der Waals surface area contributed by atoms with Crippen molar-refractivity contribution in [2.24, 2.45) is 5.41 Å². The van der Waals surface area contributed by atoms with Crippen LogP contribution < -0.4 is 0 Å². The molecule has 0 unspecified atom stereocenters. The number of rotatable bonds is 6. The van der Waals surface area contributed by atoms with Crippen molar-refractivity contribution in [3.8, 4) is 0 Å². The van der Waals surface area contributed by atoms with E-state index in [0.29, 0.717) is 0 Å². The number of aryl methyl sites for hydroxylation is 2. The lowest BCUT2D eigenvalue weighted by Crippen LogP contribution is -2.34. The summed E-state index contributed by atoms with van der Waals surface area (Å²) >= 11 is 0. The molecule has 2 rings (SSSR count). The minimum Gasteiger partial charge on any atom is -0.348 e. The molecule has 1 aromatic carbocycles. The maximum Gasteiger partial charge on any atom is 0.184 e. The van der Waals surface area contributed by atoms with E-state index < -0.39 is 0 Å². The Morgan fingerprint density at radius 3 is 2.23 bits per heavy atom. The summed E-state index contributed by atoms with van der Waals surface area (Å²) in [4.78, 5) is 0. The Morgan fingerprint density at radius 1 is 1.09 bits per heavy atom. The first-order valence-corrected chi connectivity index (χ1v) is 8.52. The zero-order valence-electron chi connectivity index (χ0n) is 14.6. The molecule has 22 heavy (non-hydrogen) atoms. The fourth-order valence-corrected chi connectivity index (χ4v) is 2.98. The Labute approximate surface area is 135 Å². The SMILES string of the molecule is C=Cc1cc(CCC)c(C2OCC(C)(C)CO2)cc1CCC. The van der Waals surface area contributed by atoms with Gasteiger partial charge in [0.25, 0.3) is 0 Å². The Hall–Kier alpha value is -1.12. The summed E-state index contributed by atoms with van der Waals surface area (Å²) in [5.74, 6) is 0. The average Bonchev–Trinajstić information content (AvgIpc) is 2.49. The van der Waals surface area contributed by atoms with Gasteiger partial charge >= 0.3 is 0 Å². The molecule has 1 fully saturated rings. The second kappa shape index (κ2) is 7.43. The van der Waals surface area contributed by atoms with Gasteiger partial charge in [-0.05, 0) is 35.6 Å². The van der Waals surface area contributed by atoms with Crippen LogP contribution in [0.25, 0.3) is 6.08 Å². The van der Waals surface area contributed by atoms with Crippen LogP contribution >= 0.6 is 0 Å². The monoisotopic (exact) mass is 302 g/mol. The van der Waals surface area contributed by atoms with Crippen LogP contribution in [0.3, 0.4) is 0 Å². The molecule has 0 spiro atoms. The average molecular weight is 302 g/mol. The second-order valence-corrected chi connectivity index (χ2v) is 7.07. The zero-order valence-corrected chi connectivity index (χ0v) is 14.6. The molecule has 122 valence electrons. The van der Waals surface area contributed by atoms with Crippen LogP contribution in [0.2, 0.25) is 0 Å². The highest BCUT2D eigenvalue weighted by atomic mass is 16.7. The molecule has 0 N–H and O–H groups in total. The van der Waals surface area contributed by atoms with Crippen LogP contribution in [0, 0.1) is 5.41 Å². The molecule has 0 radical (unpaired) electrons. The van der Waals surface area contributed by atoms with Gasteiger partial charge in [0, 0.05) is 11.0 Å². The first-order valence-electron chi connectivity index (χ1n) is 8.52. The van der Waals surface area contributed by atoms with Gasteiger partial charge in [-0.1, -0.05) is 59.3 Å². The normalized spacial score (nSPS) is 18.4. The van der Waals surface area contributed by atoms with Crippen molar-refractivity contribution in [2.75, 3.05) is 13.2 Å². The van der Waals surface area contributed by atoms with Crippen LogP contribution in [0.15, 0.2) is 18.7 Å². The van der Waals surface area contributed by atoms with Crippen molar-refractivity contribution in [1.82, 2.24) is 0 Å². The Bertz CT molecular complexity index is 507. The van der Waals surface area contributed by atoms with E-state index >= 15 is 0 Å². The van der Waals surface area contributed by atoms with Gasteiger partial charge < -0.3 is 9.47 Å². The fourth-order valence-electron chi connectivity index (χ4n) is 2.98. The lowest BCUT2D eigenvalue weighted by molar-refractivity contribution is -0.226. The molecular weight excluding hydrogens is 272 g/mol. The highest BCUT2D eigenvalue weighted by Crippen LogP contribution is 2.34. The lowest BCUT2D eigenvalue weighted by atomic mass is 9.92. The van der Waals surface area contributed by atoms with Crippen LogP contribution in [-0.2, 0) is 22.3 Å². The van der Waals surface area contributed by atoms with Crippen molar-refractivity contribution in [3.63, 3.8) is 0 Å². The molecule has 0 bridgehead atoms. The molecule has 0 saturated carbocycles. The maximum absolute atomic E-state index is 6.02. The van der Waals surface area contributed by atoms with Gasteiger partial charge in [0.1, 0.15) is 0 Å². The van der Waals surface area contributed by atoms with Crippen LogP contribution in [0.1, 0.15) is 69.1 Å². The maximum atomic E-state index is 6.02. The third-order valence-corrected chi connectivity index (χ3v) is 4.16. The number of ether oxygens (including phenoxy) is 2. The molecule has 2 nitrogen and oxygen atoms in total. The summed E-state index contributed by atoms with van der Waals surface area (Å²) in [6.45, 7) is 14.2. The van der Waals surface area contributed by atoms with Gasteiger partial charge in [0.15, 0.2) is 6.29 Å². The highest BCUT2D eigenvalue weighted by Gasteiger charge is 2.30. The smallest absolute Gasteiger partial charge is 0.184 e. The lowest BCUT2D eigenvalue weighted by Gasteiger charge is -2.35. The van der Waals surface area contributed by atoms with E-state index in [2.05, 4.69) is 46.4 Å². The molecule has 1 aliphatic heterocycles. The van der Waals surface area contributed by atoms with Gasteiger partial charge in [0.05, 0.1) is 13.2 Å². The third-order valence-electron chi connectivity index (χ3n) is 4.16. The minimum atomic E-state index is -0.218. The van der Waals surface area contributed by atoms with E-state index in [1.165, 1.54) is 22.3 Å². The van der Waals surface area contributed by atoms with Crippen molar-refractivity contribution in [1.29, 1.82) is 0 Å². The molecule has 0 aliphatic carbocycles. The van der Waals surface area contributed by atoms with E-state index in [1.54, 1.807) is 0 Å². The number of benzene rings is 1. The fraction of sp³-hybridized carbons (Fsp3) is 0.600. The van der Waals surface area contributed by atoms with E-state index in [4.69, 9.17) is 9.47 Å². The van der Waals surface area contributed by atoms with Gasteiger partial charge in [-0.3, -0.25) is 0 Å². The van der Waals surface area contributed by atoms with Gasteiger partial charge in [-0.2, -0.15) is 0 Å². The van der Waals surface area contributed by atoms with Crippen molar-refractivity contribution < 1.29 is 9.47 Å². The number of hydrogen-bond acceptors (Lipinski definition) is 2. The summed E-state index contributed by atoms with van der Waals surface area (Å²) < 4.78 is 12.0. The zero-order chi connectivity index (χ0) is 16.2. The number of hydrogen-bond donors (Lipinski definition) is 0. The minimum absolute atomic E-state index is 0.106. The van der Waals surface area contributed by atoms with E-state index in [9.17, 15) is 0 Å². The highest BCUT2D eigenvalue weighted by molar-refractivity contribution is 5.55. The predicted molar refractivity (Wildman–Crippen MR) is 92.9 cm³/mol. The molecule has 0 atom stereocenters. The predicted octanol–water partition coefficient (Wildman–Crippen LogP) is 5.31. The molecule has 1 saturated heterocycles. The topological polar surface area (TPSA) is 18.5 Å². The first-order chi connectivity index (χ1) is 10.5. The summed E-state index contributed by atoms with van der Waals surface area (Å²) in [7, 11) is 0. The largest absolute Gasteiger partial charge is 0.348 e. The first kappa shape index (κ1) is 17.2. The molecular formula is C20H30O2. The molecule has 1 aromatic rings. The summed E-state index contributed by atoms with van der Waals surface area (Å²) in [5.41, 5.74) is 5.26. The third kappa shape index (κ3) is 3.99. The Kier molecular flexibility index (Phi) is 5.82. The standard InChI is InChI=1S/C20H30O2/c1-6-9-16-12-18(17(10-7-2)11-15(16)8-3)19-21-13-20(4,5)14-22-19/h8,11-12,19H,3,6-7,9-10,13-14H2,1-2,4-5H3. The van der Waals surface area contributed by atoms with Gasteiger partial charge in [-0.25, -0.2) is 0 Å². The van der Waals surface area contributed by atoms with E-state index in [1.807, 2.05) is 6.08 Å². The Balaban J connectivity index is 2.35. The van der Waals surface area contributed by atoms with Crippen molar-refractivity contribution in [3.05, 3.63) is 41.0 Å². The molecule has 2 heteroatoms. The molecule has 0 aromatic heterocycles. The van der Waals surface area contributed by atoms with Gasteiger partial charge in [-0.15, -0.1) is 0 Å². The summed E-state index contributed by atoms with van der Waals surface area (Å²) in [5, 5.41) is 0. The van der Waals surface area contributed by atoms with Gasteiger partial charge in [0.2, 0.25) is 0 Å². The summed E-state index contributed by atoms with van der Waals surface area (Å²) in [6.07, 6.45) is 6.12. The quantitative estimate of drug-likeness (QED) is 0.709. The van der Waals surface area contributed by atoms with E-state index in [-0.39, 0.29) is 11.7 Å². The van der Waals surface area contributed by atoms with Crippen molar-refractivity contribution in [2.45, 2.75) is 59.7 Å². The van der Waals surface area contributed by atoms with Crippen molar-refractivity contribution >= 4 is 6.08 Å². The Morgan fingerprint density at radius 2 is 1.68 bits per heavy atom. The molecule has 0 amide bonds.